The molecule has 0 N–H and O–H groups in total. The van der Waals surface area contributed by atoms with Gasteiger partial charge in [-0.15, -0.1) is 0 Å². The van der Waals surface area contributed by atoms with E-state index in [2.05, 4.69) is 10.1 Å². The van der Waals surface area contributed by atoms with Crippen LogP contribution in [0.15, 0.2) is 63.5 Å². The first kappa shape index (κ1) is 15.1. The van der Waals surface area contributed by atoms with E-state index < -0.39 is 5.97 Å². The molecular formula is C19H14N2O4. The monoisotopic (exact) mass is 334 g/mol. The van der Waals surface area contributed by atoms with E-state index in [0.29, 0.717) is 11.4 Å². The Bertz CT molecular complexity index is 1030. The molecule has 0 aliphatic rings. The lowest BCUT2D eigenvalue weighted by atomic mass is 10.1. The van der Waals surface area contributed by atoms with Gasteiger partial charge in [0, 0.05) is 16.5 Å². The summed E-state index contributed by atoms with van der Waals surface area (Å²) in [4.78, 5) is 16.5. The molecule has 124 valence electrons. The summed E-state index contributed by atoms with van der Waals surface area (Å²) in [5.41, 5.74) is 2.23. The molecule has 2 aromatic carbocycles. The van der Waals surface area contributed by atoms with Crippen LogP contribution in [0.2, 0.25) is 0 Å². The van der Waals surface area contributed by atoms with Gasteiger partial charge in [0.05, 0.1) is 0 Å². The molecule has 2 aromatic heterocycles. The van der Waals surface area contributed by atoms with Crippen LogP contribution in [0.3, 0.4) is 0 Å². The molecule has 0 unspecified atom stereocenters. The SMILES string of the molecule is Cc1c(C(=O)OCc2nc(-c3ccccc3)no2)oc2ccccc12. The highest BCUT2D eigenvalue weighted by atomic mass is 16.6. The predicted octanol–water partition coefficient (Wildman–Crippen LogP) is 4.15. The van der Waals surface area contributed by atoms with Gasteiger partial charge in [0.1, 0.15) is 5.58 Å². The summed E-state index contributed by atoms with van der Waals surface area (Å²) < 4.78 is 16.0. The quantitative estimate of drug-likeness (QED) is 0.522. The Kier molecular flexibility index (Phi) is 3.78. The second kappa shape index (κ2) is 6.24. The van der Waals surface area contributed by atoms with E-state index >= 15 is 0 Å². The summed E-state index contributed by atoms with van der Waals surface area (Å²) in [5.74, 6) is 0.296. The molecule has 2 heterocycles. The van der Waals surface area contributed by atoms with Gasteiger partial charge in [-0.1, -0.05) is 53.7 Å². The van der Waals surface area contributed by atoms with Crippen molar-refractivity contribution in [2.45, 2.75) is 13.5 Å². The molecule has 0 atom stereocenters. The van der Waals surface area contributed by atoms with E-state index in [1.807, 2.05) is 61.5 Å². The minimum atomic E-state index is -0.562. The molecule has 6 heteroatoms. The van der Waals surface area contributed by atoms with E-state index in [1.54, 1.807) is 0 Å². The van der Waals surface area contributed by atoms with Crippen LogP contribution in [-0.4, -0.2) is 16.1 Å². The maximum Gasteiger partial charge on any atom is 0.375 e. The van der Waals surface area contributed by atoms with Gasteiger partial charge in [0.15, 0.2) is 6.61 Å². The molecule has 4 rings (SSSR count). The zero-order chi connectivity index (χ0) is 17.2. The molecule has 0 spiro atoms. The number of fused-ring (bicyclic) bond motifs is 1. The van der Waals surface area contributed by atoms with Crippen molar-refractivity contribution >= 4 is 16.9 Å². The minimum Gasteiger partial charge on any atom is -0.450 e. The second-order valence-corrected chi connectivity index (χ2v) is 5.51. The lowest BCUT2D eigenvalue weighted by molar-refractivity contribution is 0.0395. The smallest absolute Gasteiger partial charge is 0.375 e. The summed E-state index contributed by atoms with van der Waals surface area (Å²) in [7, 11) is 0. The third-order valence-corrected chi connectivity index (χ3v) is 3.86. The molecule has 0 fully saturated rings. The molecular weight excluding hydrogens is 320 g/mol. The highest BCUT2D eigenvalue weighted by Gasteiger charge is 2.20. The fourth-order valence-electron chi connectivity index (χ4n) is 2.58. The van der Waals surface area contributed by atoms with Crippen molar-refractivity contribution in [3.8, 4) is 11.4 Å². The molecule has 0 saturated carbocycles. The van der Waals surface area contributed by atoms with Crippen LogP contribution in [0, 0.1) is 6.92 Å². The number of carbonyl (C=O) groups excluding carboxylic acids is 1. The minimum absolute atomic E-state index is 0.116. The Morgan fingerprint density at radius 3 is 2.64 bits per heavy atom. The summed E-state index contributed by atoms with van der Waals surface area (Å²) in [6.45, 7) is 1.71. The lowest BCUT2D eigenvalue weighted by Crippen LogP contribution is -2.05. The number of aryl methyl sites for hydroxylation is 1. The zero-order valence-electron chi connectivity index (χ0n) is 13.4. The molecule has 0 aliphatic heterocycles. The summed E-state index contributed by atoms with van der Waals surface area (Å²) in [6, 6.07) is 16.9. The molecule has 0 radical (unpaired) electrons. The Balaban J connectivity index is 1.48. The highest BCUT2D eigenvalue weighted by molar-refractivity contribution is 5.95. The first-order chi connectivity index (χ1) is 12.2. The summed E-state index contributed by atoms with van der Waals surface area (Å²) in [5, 5.41) is 4.78. The van der Waals surface area contributed by atoms with Crippen molar-refractivity contribution in [2.75, 3.05) is 0 Å². The molecule has 0 bridgehead atoms. The number of ether oxygens (including phenoxy) is 1. The van der Waals surface area contributed by atoms with E-state index in [4.69, 9.17) is 13.7 Å². The zero-order valence-corrected chi connectivity index (χ0v) is 13.4. The van der Waals surface area contributed by atoms with Crippen LogP contribution in [0.25, 0.3) is 22.4 Å². The van der Waals surface area contributed by atoms with Crippen molar-refractivity contribution in [3.63, 3.8) is 0 Å². The fraction of sp³-hybridized carbons (Fsp3) is 0.105. The number of nitrogens with zero attached hydrogens (tertiary/aromatic N) is 2. The third kappa shape index (κ3) is 2.89. The van der Waals surface area contributed by atoms with Crippen LogP contribution in [0.4, 0.5) is 0 Å². The third-order valence-electron chi connectivity index (χ3n) is 3.86. The van der Waals surface area contributed by atoms with Crippen LogP contribution in [-0.2, 0) is 11.3 Å². The Labute approximate surface area is 143 Å². The number of para-hydroxylation sites is 1. The van der Waals surface area contributed by atoms with Crippen molar-refractivity contribution in [1.29, 1.82) is 0 Å². The number of furan rings is 1. The fourth-order valence-corrected chi connectivity index (χ4v) is 2.58. The Morgan fingerprint density at radius 2 is 1.84 bits per heavy atom. The lowest BCUT2D eigenvalue weighted by Gasteiger charge is -1.99. The van der Waals surface area contributed by atoms with Crippen molar-refractivity contribution in [3.05, 3.63) is 71.8 Å². The van der Waals surface area contributed by atoms with Crippen molar-refractivity contribution < 1.29 is 18.5 Å². The predicted molar refractivity (Wildman–Crippen MR) is 89.8 cm³/mol. The van der Waals surface area contributed by atoms with Gasteiger partial charge in [0.25, 0.3) is 5.89 Å². The van der Waals surface area contributed by atoms with Gasteiger partial charge in [0.2, 0.25) is 11.6 Å². The second-order valence-electron chi connectivity index (χ2n) is 5.51. The number of aromatic nitrogens is 2. The summed E-state index contributed by atoms with van der Waals surface area (Å²) >= 11 is 0. The Hall–Kier alpha value is -3.41. The average Bonchev–Trinajstić information content (AvgIpc) is 3.26. The molecule has 0 aliphatic carbocycles. The van der Waals surface area contributed by atoms with Crippen LogP contribution in [0.5, 0.6) is 0 Å². The van der Waals surface area contributed by atoms with E-state index in [-0.39, 0.29) is 18.3 Å². The average molecular weight is 334 g/mol. The molecule has 25 heavy (non-hydrogen) atoms. The van der Waals surface area contributed by atoms with Crippen molar-refractivity contribution in [1.82, 2.24) is 10.1 Å². The molecule has 6 nitrogen and oxygen atoms in total. The van der Waals surface area contributed by atoms with E-state index in [0.717, 1.165) is 16.5 Å². The number of hydrogen-bond donors (Lipinski definition) is 0. The standard InChI is InChI=1S/C19H14N2O4/c1-12-14-9-5-6-10-15(14)24-17(12)19(22)23-11-16-20-18(21-25-16)13-7-3-2-4-8-13/h2-10H,11H2,1H3. The van der Waals surface area contributed by atoms with Crippen LogP contribution >= 0.6 is 0 Å². The highest BCUT2D eigenvalue weighted by Crippen LogP contribution is 2.25. The summed E-state index contributed by atoms with van der Waals surface area (Å²) in [6.07, 6.45) is 0. The van der Waals surface area contributed by atoms with Gasteiger partial charge in [-0.25, -0.2) is 4.79 Å². The Morgan fingerprint density at radius 1 is 1.08 bits per heavy atom. The number of carbonyl (C=O) groups is 1. The number of benzene rings is 2. The van der Waals surface area contributed by atoms with Crippen molar-refractivity contribution in [2.24, 2.45) is 0 Å². The first-order valence-electron chi connectivity index (χ1n) is 7.75. The first-order valence-corrected chi connectivity index (χ1v) is 7.75. The maximum absolute atomic E-state index is 12.3. The largest absolute Gasteiger partial charge is 0.450 e. The molecule has 0 amide bonds. The van der Waals surface area contributed by atoms with Gasteiger partial charge < -0.3 is 13.7 Å². The van der Waals surface area contributed by atoms with Gasteiger partial charge in [-0.05, 0) is 13.0 Å². The maximum atomic E-state index is 12.3. The van der Waals surface area contributed by atoms with Gasteiger partial charge >= 0.3 is 5.97 Å². The van der Waals surface area contributed by atoms with E-state index in [1.165, 1.54) is 0 Å². The van der Waals surface area contributed by atoms with Gasteiger partial charge in [-0.2, -0.15) is 4.98 Å². The normalized spacial score (nSPS) is 10.9. The van der Waals surface area contributed by atoms with Crippen LogP contribution < -0.4 is 0 Å². The number of rotatable bonds is 4. The molecule has 4 aromatic rings. The van der Waals surface area contributed by atoms with Crippen LogP contribution in [0.1, 0.15) is 22.0 Å². The van der Waals surface area contributed by atoms with E-state index in [9.17, 15) is 4.79 Å². The number of hydrogen-bond acceptors (Lipinski definition) is 6. The van der Waals surface area contributed by atoms with Gasteiger partial charge in [-0.3, -0.25) is 0 Å². The topological polar surface area (TPSA) is 78.4 Å². The number of esters is 1. The molecule has 0 saturated heterocycles.